The Kier molecular flexibility index (Phi) is 6.70. The van der Waals surface area contributed by atoms with Gasteiger partial charge in [-0.2, -0.15) is 0 Å². The van der Waals surface area contributed by atoms with Gasteiger partial charge in [0.05, 0.1) is 12.0 Å². The number of nitrogens with zero attached hydrogens (tertiary/aromatic N) is 1. The van der Waals surface area contributed by atoms with E-state index in [4.69, 9.17) is 4.74 Å². The van der Waals surface area contributed by atoms with Crippen LogP contribution in [0.3, 0.4) is 0 Å². The van der Waals surface area contributed by atoms with E-state index in [1.54, 1.807) is 14.2 Å². The number of carbonyl (C=O) groups is 1. The van der Waals surface area contributed by atoms with Crippen LogP contribution in [-0.2, 0) is 21.4 Å². The van der Waals surface area contributed by atoms with Crippen LogP contribution < -0.4 is 9.46 Å². The van der Waals surface area contributed by atoms with Gasteiger partial charge in [-0.3, -0.25) is 4.79 Å². The Bertz CT molecular complexity index is 836. The Labute approximate surface area is 152 Å². The molecule has 0 aromatic heterocycles. The van der Waals surface area contributed by atoms with Crippen LogP contribution in [0.1, 0.15) is 12.0 Å². The lowest BCUT2D eigenvalue weighted by atomic mass is 10.2. The van der Waals surface area contributed by atoms with Crippen LogP contribution >= 0.6 is 0 Å². The fourth-order valence-corrected chi connectivity index (χ4v) is 3.31. The average molecular weight is 380 g/mol. The number of sulfonamides is 1. The molecule has 2 aromatic rings. The lowest BCUT2D eigenvalue weighted by molar-refractivity contribution is -0.130. The first kappa shape index (κ1) is 19.9. The lowest BCUT2D eigenvalue weighted by Gasteiger charge is -2.17. The van der Waals surface area contributed by atoms with Crippen molar-refractivity contribution in [3.63, 3.8) is 0 Å². The zero-order valence-electron chi connectivity index (χ0n) is 14.6. The van der Waals surface area contributed by atoms with Crippen LogP contribution in [0.4, 0.5) is 4.39 Å². The Balaban J connectivity index is 1.84. The standard InChI is InChI=1S/C18H21FN2O4S/c1-21(13-14-3-7-16(25-2)8-4-14)18(22)11-12-20-26(23,24)17-9-5-15(19)6-10-17/h3-10,20H,11-13H2,1-2H3. The molecule has 2 rings (SSSR count). The molecule has 0 aliphatic carbocycles. The molecule has 26 heavy (non-hydrogen) atoms. The quantitative estimate of drug-likeness (QED) is 0.762. The summed E-state index contributed by atoms with van der Waals surface area (Å²) in [6.45, 7) is 0.374. The molecule has 140 valence electrons. The monoisotopic (exact) mass is 380 g/mol. The number of hydrogen-bond donors (Lipinski definition) is 1. The zero-order chi connectivity index (χ0) is 19.2. The number of carbonyl (C=O) groups excluding carboxylic acids is 1. The van der Waals surface area contributed by atoms with Crippen LogP contribution in [0.2, 0.25) is 0 Å². The molecular weight excluding hydrogens is 359 g/mol. The first-order valence-electron chi connectivity index (χ1n) is 7.94. The van der Waals surface area contributed by atoms with E-state index >= 15 is 0 Å². The van der Waals surface area contributed by atoms with Gasteiger partial charge in [-0.05, 0) is 42.0 Å². The van der Waals surface area contributed by atoms with Crippen molar-refractivity contribution in [1.29, 1.82) is 0 Å². The molecule has 0 saturated heterocycles. The fourth-order valence-electron chi connectivity index (χ4n) is 2.27. The summed E-state index contributed by atoms with van der Waals surface area (Å²) >= 11 is 0. The van der Waals surface area contributed by atoms with Crippen molar-refractivity contribution in [3.8, 4) is 5.75 Å². The van der Waals surface area contributed by atoms with Crippen LogP contribution in [0.15, 0.2) is 53.4 Å². The minimum Gasteiger partial charge on any atom is -0.497 e. The highest BCUT2D eigenvalue weighted by atomic mass is 32.2. The second-order valence-electron chi connectivity index (χ2n) is 5.70. The molecule has 0 bridgehead atoms. The van der Waals surface area contributed by atoms with E-state index in [0.717, 1.165) is 23.4 Å². The summed E-state index contributed by atoms with van der Waals surface area (Å²) in [7, 11) is -0.531. The van der Waals surface area contributed by atoms with E-state index in [1.165, 1.54) is 17.0 Å². The molecule has 0 radical (unpaired) electrons. The number of benzene rings is 2. The summed E-state index contributed by atoms with van der Waals surface area (Å²) in [5.74, 6) is 0.0276. The summed E-state index contributed by atoms with van der Waals surface area (Å²) in [6.07, 6.45) is 0.0209. The summed E-state index contributed by atoms with van der Waals surface area (Å²) in [5.41, 5.74) is 0.938. The predicted octanol–water partition coefficient (Wildman–Crippen LogP) is 2.16. The van der Waals surface area contributed by atoms with Gasteiger partial charge < -0.3 is 9.64 Å². The van der Waals surface area contributed by atoms with Crippen LogP contribution in [0.5, 0.6) is 5.75 Å². The van der Waals surface area contributed by atoms with E-state index in [-0.39, 0.29) is 23.8 Å². The van der Waals surface area contributed by atoms with Gasteiger partial charge >= 0.3 is 0 Å². The van der Waals surface area contributed by atoms with Crippen LogP contribution in [0, 0.1) is 5.82 Å². The summed E-state index contributed by atoms with van der Waals surface area (Å²) < 4.78 is 44.5. The SMILES string of the molecule is COc1ccc(CN(C)C(=O)CCNS(=O)(=O)c2ccc(F)cc2)cc1. The molecule has 0 spiro atoms. The van der Waals surface area contributed by atoms with E-state index in [2.05, 4.69) is 4.72 Å². The normalized spacial score (nSPS) is 11.2. The molecule has 0 aliphatic rings. The van der Waals surface area contributed by atoms with Crippen molar-refractivity contribution in [1.82, 2.24) is 9.62 Å². The molecule has 8 heteroatoms. The third-order valence-electron chi connectivity index (χ3n) is 3.76. The van der Waals surface area contributed by atoms with Gasteiger partial charge in [-0.15, -0.1) is 0 Å². The van der Waals surface area contributed by atoms with Crippen molar-refractivity contribution < 1.29 is 22.3 Å². The van der Waals surface area contributed by atoms with Gasteiger partial charge in [0.15, 0.2) is 0 Å². The highest BCUT2D eigenvalue weighted by molar-refractivity contribution is 7.89. The van der Waals surface area contributed by atoms with Gasteiger partial charge in [0, 0.05) is 26.6 Å². The highest BCUT2D eigenvalue weighted by Crippen LogP contribution is 2.13. The zero-order valence-corrected chi connectivity index (χ0v) is 15.4. The number of nitrogens with one attached hydrogen (secondary N) is 1. The molecule has 0 atom stereocenters. The number of methoxy groups -OCH3 is 1. The molecule has 0 unspecified atom stereocenters. The van der Waals surface area contributed by atoms with Gasteiger partial charge in [0.1, 0.15) is 11.6 Å². The predicted molar refractivity (Wildman–Crippen MR) is 95.7 cm³/mol. The minimum atomic E-state index is -3.77. The largest absolute Gasteiger partial charge is 0.497 e. The van der Waals surface area contributed by atoms with Crippen LogP contribution in [-0.4, -0.2) is 39.9 Å². The summed E-state index contributed by atoms with van der Waals surface area (Å²) in [4.78, 5) is 13.6. The smallest absolute Gasteiger partial charge is 0.240 e. The summed E-state index contributed by atoms with van der Waals surface area (Å²) in [5, 5.41) is 0. The number of halogens is 1. The number of ether oxygens (including phenoxy) is 1. The molecule has 0 aliphatic heterocycles. The molecule has 2 aromatic carbocycles. The highest BCUT2D eigenvalue weighted by Gasteiger charge is 2.15. The Hall–Kier alpha value is -2.45. The van der Waals surface area contributed by atoms with E-state index < -0.39 is 15.8 Å². The second-order valence-corrected chi connectivity index (χ2v) is 7.47. The van der Waals surface area contributed by atoms with Crippen LogP contribution in [0.25, 0.3) is 0 Å². The number of hydrogen-bond acceptors (Lipinski definition) is 4. The Morgan fingerprint density at radius 3 is 2.31 bits per heavy atom. The molecule has 0 fully saturated rings. The van der Waals surface area contributed by atoms with Gasteiger partial charge in [0.2, 0.25) is 15.9 Å². The molecule has 1 amide bonds. The third kappa shape index (κ3) is 5.53. The third-order valence-corrected chi connectivity index (χ3v) is 5.24. The maximum atomic E-state index is 12.9. The minimum absolute atomic E-state index is 0.0209. The topological polar surface area (TPSA) is 75.7 Å². The van der Waals surface area contributed by atoms with Crippen molar-refractivity contribution >= 4 is 15.9 Å². The first-order chi connectivity index (χ1) is 12.3. The Morgan fingerprint density at radius 1 is 1.12 bits per heavy atom. The van der Waals surface area contributed by atoms with E-state index in [1.807, 2.05) is 24.3 Å². The number of rotatable bonds is 8. The van der Waals surface area contributed by atoms with Crippen molar-refractivity contribution in [3.05, 3.63) is 59.9 Å². The molecule has 0 heterocycles. The maximum Gasteiger partial charge on any atom is 0.240 e. The van der Waals surface area contributed by atoms with Gasteiger partial charge in [0.25, 0.3) is 0 Å². The van der Waals surface area contributed by atoms with Crippen molar-refractivity contribution in [2.45, 2.75) is 17.9 Å². The molecular formula is C18H21FN2O4S. The fraction of sp³-hybridized carbons (Fsp3) is 0.278. The van der Waals surface area contributed by atoms with Crippen molar-refractivity contribution in [2.75, 3.05) is 20.7 Å². The van der Waals surface area contributed by atoms with E-state index in [0.29, 0.717) is 6.54 Å². The second kappa shape index (κ2) is 8.77. The first-order valence-corrected chi connectivity index (χ1v) is 9.42. The lowest BCUT2D eigenvalue weighted by Crippen LogP contribution is -2.31. The number of amides is 1. The van der Waals surface area contributed by atoms with Gasteiger partial charge in [-0.25, -0.2) is 17.5 Å². The molecule has 1 N–H and O–H groups in total. The molecule has 6 nitrogen and oxygen atoms in total. The molecule has 0 saturated carbocycles. The van der Waals surface area contributed by atoms with E-state index in [9.17, 15) is 17.6 Å². The Morgan fingerprint density at radius 2 is 1.73 bits per heavy atom. The maximum absolute atomic E-state index is 12.9. The summed E-state index contributed by atoms with van der Waals surface area (Å²) in [6, 6.07) is 11.8. The average Bonchev–Trinajstić information content (AvgIpc) is 2.62. The van der Waals surface area contributed by atoms with Gasteiger partial charge in [-0.1, -0.05) is 12.1 Å². The van der Waals surface area contributed by atoms with Crippen molar-refractivity contribution in [2.24, 2.45) is 0 Å².